The predicted octanol–water partition coefficient (Wildman–Crippen LogP) is 3.85. The summed E-state index contributed by atoms with van der Waals surface area (Å²) in [5.74, 6) is 0. The molecule has 21 heavy (non-hydrogen) atoms. The summed E-state index contributed by atoms with van der Waals surface area (Å²) in [4.78, 5) is 11.9. The molecule has 0 heterocycles. The standard InChI is InChI=1S/C15H14Cl2N2O2/c16-12-7-6-11(8-13(12)17)18-15(21)19-14(9-20)10-4-2-1-3-5-10/h1-8,14,20H,9H2,(H2,18,19,21)/t14-/m0/s1. The Balaban J connectivity index is 2.01. The molecule has 0 aliphatic heterocycles. The molecule has 2 aromatic rings. The molecular weight excluding hydrogens is 311 g/mol. The first-order valence-electron chi connectivity index (χ1n) is 6.28. The van der Waals surface area contributed by atoms with Gasteiger partial charge in [0, 0.05) is 5.69 Å². The number of benzene rings is 2. The minimum absolute atomic E-state index is 0.196. The summed E-state index contributed by atoms with van der Waals surface area (Å²) in [5, 5.41) is 15.5. The van der Waals surface area contributed by atoms with E-state index in [1.165, 1.54) is 0 Å². The van der Waals surface area contributed by atoms with Gasteiger partial charge in [-0.3, -0.25) is 0 Å². The second-order valence-electron chi connectivity index (χ2n) is 4.37. The number of halogens is 2. The molecule has 3 N–H and O–H groups in total. The fourth-order valence-electron chi connectivity index (χ4n) is 1.82. The number of urea groups is 1. The number of aliphatic hydroxyl groups excluding tert-OH is 1. The van der Waals surface area contributed by atoms with E-state index < -0.39 is 12.1 Å². The van der Waals surface area contributed by atoms with Crippen LogP contribution in [0.4, 0.5) is 10.5 Å². The predicted molar refractivity (Wildman–Crippen MR) is 84.9 cm³/mol. The second-order valence-corrected chi connectivity index (χ2v) is 5.19. The smallest absolute Gasteiger partial charge is 0.319 e. The summed E-state index contributed by atoms with van der Waals surface area (Å²) in [7, 11) is 0. The van der Waals surface area contributed by atoms with E-state index in [0.717, 1.165) is 5.56 Å². The quantitative estimate of drug-likeness (QED) is 0.800. The van der Waals surface area contributed by atoms with Crippen molar-refractivity contribution < 1.29 is 9.90 Å². The number of carbonyl (C=O) groups excluding carboxylic acids is 1. The maximum Gasteiger partial charge on any atom is 0.319 e. The Morgan fingerprint density at radius 1 is 1.10 bits per heavy atom. The van der Waals surface area contributed by atoms with Crippen LogP contribution in [0.1, 0.15) is 11.6 Å². The molecule has 4 nitrogen and oxygen atoms in total. The monoisotopic (exact) mass is 324 g/mol. The van der Waals surface area contributed by atoms with E-state index in [2.05, 4.69) is 10.6 Å². The van der Waals surface area contributed by atoms with E-state index in [1.807, 2.05) is 30.3 Å². The van der Waals surface area contributed by atoms with E-state index in [0.29, 0.717) is 15.7 Å². The van der Waals surface area contributed by atoms with Gasteiger partial charge in [0.1, 0.15) is 0 Å². The molecule has 0 aromatic heterocycles. The Morgan fingerprint density at radius 3 is 2.43 bits per heavy atom. The molecule has 0 spiro atoms. The Kier molecular flexibility index (Phi) is 5.44. The summed E-state index contributed by atoms with van der Waals surface area (Å²) >= 11 is 11.7. The highest BCUT2D eigenvalue weighted by atomic mass is 35.5. The largest absolute Gasteiger partial charge is 0.394 e. The average molecular weight is 325 g/mol. The van der Waals surface area contributed by atoms with Crippen molar-refractivity contribution in [3.63, 3.8) is 0 Å². The van der Waals surface area contributed by atoms with Crippen molar-refractivity contribution in [2.45, 2.75) is 6.04 Å². The number of amides is 2. The molecule has 0 saturated heterocycles. The Labute approximate surface area is 132 Å². The minimum Gasteiger partial charge on any atom is -0.394 e. The molecule has 0 radical (unpaired) electrons. The first-order chi connectivity index (χ1) is 10.1. The molecule has 2 aromatic carbocycles. The highest BCUT2D eigenvalue weighted by molar-refractivity contribution is 6.42. The van der Waals surface area contributed by atoms with E-state index in [-0.39, 0.29) is 6.61 Å². The van der Waals surface area contributed by atoms with Gasteiger partial charge in [0.15, 0.2) is 0 Å². The zero-order chi connectivity index (χ0) is 15.2. The van der Waals surface area contributed by atoms with Gasteiger partial charge in [0.25, 0.3) is 0 Å². The third-order valence-electron chi connectivity index (χ3n) is 2.87. The third kappa shape index (κ3) is 4.36. The SMILES string of the molecule is O=C(Nc1ccc(Cl)c(Cl)c1)N[C@@H](CO)c1ccccc1. The molecule has 0 saturated carbocycles. The van der Waals surface area contributed by atoms with Crippen LogP contribution >= 0.6 is 23.2 Å². The Morgan fingerprint density at radius 2 is 1.81 bits per heavy atom. The van der Waals surface area contributed by atoms with Crippen LogP contribution in [0, 0.1) is 0 Å². The third-order valence-corrected chi connectivity index (χ3v) is 3.61. The topological polar surface area (TPSA) is 61.4 Å². The van der Waals surface area contributed by atoms with Gasteiger partial charge in [0.05, 0.1) is 22.7 Å². The van der Waals surface area contributed by atoms with Crippen LogP contribution in [0.5, 0.6) is 0 Å². The second kappa shape index (κ2) is 7.31. The number of nitrogens with one attached hydrogen (secondary N) is 2. The van der Waals surface area contributed by atoms with Crippen LogP contribution < -0.4 is 10.6 Å². The molecule has 0 bridgehead atoms. The minimum atomic E-state index is -0.478. The average Bonchev–Trinajstić information content (AvgIpc) is 2.49. The number of anilines is 1. The summed E-state index contributed by atoms with van der Waals surface area (Å²) in [6.45, 7) is -0.196. The summed E-state index contributed by atoms with van der Waals surface area (Å²) in [5.41, 5.74) is 1.34. The molecule has 6 heteroatoms. The van der Waals surface area contributed by atoms with Crippen molar-refractivity contribution in [3.05, 3.63) is 64.1 Å². The fourth-order valence-corrected chi connectivity index (χ4v) is 2.12. The summed E-state index contributed by atoms with van der Waals surface area (Å²) in [6, 6.07) is 13.1. The lowest BCUT2D eigenvalue weighted by Crippen LogP contribution is -2.34. The summed E-state index contributed by atoms with van der Waals surface area (Å²) < 4.78 is 0. The van der Waals surface area contributed by atoms with Gasteiger partial charge in [-0.25, -0.2) is 4.79 Å². The maximum absolute atomic E-state index is 11.9. The lowest BCUT2D eigenvalue weighted by atomic mass is 10.1. The van der Waals surface area contributed by atoms with Gasteiger partial charge in [0.2, 0.25) is 0 Å². The van der Waals surface area contributed by atoms with Crippen molar-refractivity contribution in [2.75, 3.05) is 11.9 Å². The van der Waals surface area contributed by atoms with Crippen LogP contribution in [-0.2, 0) is 0 Å². The van der Waals surface area contributed by atoms with Crippen molar-refractivity contribution in [3.8, 4) is 0 Å². The molecular formula is C15H14Cl2N2O2. The lowest BCUT2D eigenvalue weighted by Gasteiger charge is -2.17. The summed E-state index contributed by atoms with van der Waals surface area (Å²) in [6.07, 6.45) is 0. The Hall–Kier alpha value is -1.75. The zero-order valence-electron chi connectivity index (χ0n) is 11.0. The molecule has 0 aliphatic rings. The number of aliphatic hydroxyl groups is 1. The van der Waals surface area contributed by atoms with Gasteiger partial charge in [-0.1, -0.05) is 53.5 Å². The van der Waals surface area contributed by atoms with Gasteiger partial charge < -0.3 is 15.7 Å². The van der Waals surface area contributed by atoms with Crippen molar-refractivity contribution in [2.24, 2.45) is 0 Å². The van der Waals surface area contributed by atoms with Gasteiger partial charge in [-0.05, 0) is 23.8 Å². The molecule has 2 rings (SSSR count). The van der Waals surface area contributed by atoms with E-state index in [9.17, 15) is 9.90 Å². The molecule has 0 unspecified atom stereocenters. The van der Waals surface area contributed by atoms with Crippen LogP contribution in [0.15, 0.2) is 48.5 Å². The van der Waals surface area contributed by atoms with E-state index >= 15 is 0 Å². The molecule has 2 amide bonds. The van der Waals surface area contributed by atoms with Crippen molar-refractivity contribution >= 4 is 34.9 Å². The fraction of sp³-hybridized carbons (Fsp3) is 0.133. The van der Waals surface area contributed by atoms with Crippen LogP contribution in [-0.4, -0.2) is 17.7 Å². The number of carbonyl (C=O) groups is 1. The maximum atomic E-state index is 11.9. The normalized spacial score (nSPS) is 11.8. The first-order valence-corrected chi connectivity index (χ1v) is 7.04. The van der Waals surface area contributed by atoms with Gasteiger partial charge >= 0.3 is 6.03 Å². The molecule has 1 atom stereocenters. The van der Waals surface area contributed by atoms with E-state index in [1.54, 1.807) is 18.2 Å². The molecule has 0 aliphatic carbocycles. The molecule has 110 valence electrons. The first kappa shape index (κ1) is 15.6. The zero-order valence-corrected chi connectivity index (χ0v) is 12.5. The van der Waals surface area contributed by atoms with Crippen molar-refractivity contribution in [1.29, 1.82) is 0 Å². The van der Waals surface area contributed by atoms with Crippen LogP contribution in [0.2, 0.25) is 10.0 Å². The van der Waals surface area contributed by atoms with Gasteiger partial charge in [-0.2, -0.15) is 0 Å². The van der Waals surface area contributed by atoms with E-state index in [4.69, 9.17) is 23.2 Å². The number of rotatable bonds is 4. The molecule has 0 fully saturated rings. The number of hydrogen-bond acceptors (Lipinski definition) is 2. The van der Waals surface area contributed by atoms with Crippen LogP contribution in [0.25, 0.3) is 0 Å². The Bertz CT molecular complexity index is 620. The number of hydrogen-bond donors (Lipinski definition) is 3. The highest BCUT2D eigenvalue weighted by Crippen LogP contribution is 2.25. The van der Waals surface area contributed by atoms with Crippen molar-refractivity contribution in [1.82, 2.24) is 5.32 Å². The lowest BCUT2D eigenvalue weighted by molar-refractivity contribution is 0.225. The highest BCUT2D eigenvalue weighted by Gasteiger charge is 2.13. The van der Waals surface area contributed by atoms with Crippen LogP contribution in [0.3, 0.4) is 0 Å². The van der Waals surface area contributed by atoms with Gasteiger partial charge in [-0.15, -0.1) is 0 Å².